The second-order valence-corrected chi connectivity index (χ2v) is 5.85. The maximum Gasteiger partial charge on any atom is 0.263 e. The van der Waals surface area contributed by atoms with Crippen molar-refractivity contribution in [1.82, 2.24) is 9.55 Å². The molecule has 0 spiro atoms. The van der Waals surface area contributed by atoms with Gasteiger partial charge in [0.1, 0.15) is 4.83 Å². The normalized spacial score (nSPS) is 11.8. The van der Waals surface area contributed by atoms with Gasteiger partial charge < -0.3 is 0 Å². The Morgan fingerprint density at radius 3 is 2.82 bits per heavy atom. The quantitative estimate of drug-likeness (QED) is 0.698. The van der Waals surface area contributed by atoms with E-state index in [2.05, 4.69) is 16.6 Å². The molecule has 0 bridgehead atoms. The summed E-state index contributed by atoms with van der Waals surface area (Å²) in [5.41, 5.74) is 1.90. The van der Waals surface area contributed by atoms with Crippen LogP contribution >= 0.6 is 11.3 Å². The number of allylic oxidation sites excluding steroid dienone is 1. The van der Waals surface area contributed by atoms with Crippen LogP contribution in [0, 0.1) is 6.92 Å². The van der Waals surface area contributed by atoms with Crippen molar-refractivity contribution < 1.29 is 0 Å². The number of benzene rings is 1. The van der Waals surface area contributed by atoms with Crippen LogP contribution in [0.2, 0.25) is 0 Å². The van der Waals surface area contributed by atoms with Crippen molar-refractivity contribution in [2.45, 2.75) is 13.5 Å². The third-order valence-corrected chi connectivity index (χ3v) is 4.25. The Bertz CT molecular complexity index is 952. The van der Waals surface area contributed by atoms with Gasteiger partial charge in [0.2, 0.25) is 0 Å². The first-order valence-corrected chi connectivity index (χ1v) is 7.71. The highest BCUT2D eigenvalue weighted by Gasteiger charge is 2.06. The highest BCUT2D eigenvalue weighted by molar-refractivity contribution is 7.15. The zero-order chi connectivity index (χ0) is 15.5. The van der Waals surface area contributed by atoms with Crippen LogP contribution in [-0.4, -0.2) is 9.55 Å². The molecule has 0 saturated heterocycles. The molecule has 2 heterocycles. The topological polar surface area (TPSA) is 47.2 Å². The minimum Gasteiger partial charge on any atom is -0.280 e. The molecule has 0 atom stereocenters. The predicted octanol–water partition coefficient (Wildman–Crippen LogP) is 3.18. The van der Waals surface area contributed by atoms with Gasteiger partial charge in [0.05, 0.1) is 11.1 Å². The number of nitrogens with zero attached hydrogens (tertiary/aromatic N) is 3. The lowest BCUT2D eigenvalue weighted by molar-refractivity contribution is 0.758. The minimum absolute atomic E-state index is 0.0902. The van der Waals surface area contributed by atoms with Gasteiger partial charge in [-0.2, -0.15) is 0 Å². The SMILES string of the molecule is C=CCn1c(=O)c2cccnc2s/c1=N\c1ccc(C)cc1. The Morgan fingerprint density at radius 1 is 1.32 bits per heavy atom. The Morgan fingerprint density at radius 2 is 2.09 bits per heavy atom. The van der Waals surface area contributed by atoms with Gasteiger partial charge in [-0.3, -0.25) is 9.36 Å². The summed E-state index contributed by atoms with van der Waals surface area (Å²) in [4.78, 5) is 22.8. The van der Waals surface area contributed by atoms with Crippen LogP contribution in [0.25, 0.3) is 10.2 Å². The molecule has 0 amide bonds. The average molecular weight is 309 g/mol. The summed E-state index contributed by atoms with van der Waals surface area (Å²) in [7, 11) is 0. The molecule has 5 heteroatoms. The fourth-order valence-electron chi connectivity index (χ4n) is 2.11. The molecular formula is C17H15N3OS. The number of hydrogen-bond acceptors (Lipinski definition) is 4. The predicted molar refractivity (Wildman–Crippen MR) is 90.5 cm³/mol. The van der Waals surface area contributed by atoms with Crippen LogP contribution in [0.5, 0.6) is 0 Å². The number of aryl methyl sites for hydroxylation is 1. The number of fused-ring (bicyclic) bond motifs is 1. The van der Waals surface area contributed by atoms with Crippen molar-refractivity contribution in [3.05, 3.63) is 76.0 Å². The van der Waals surface area contributed by atoms with Crippen molar-refractivity contribution in [2.75, 3.05) is 0 Å². The average Bonchev–Trinajstić information content (AvgIpc) is 2.53. The van der Waals surface area contributed by atoms with Gasteiger partial charge in [-0.05, 0) is 31.2 Å². The summed E-state index contributed by atoms with van der Waals surface area (Å²) >= 11 is 1.40. The molecule has 0 saturated carbocycles. The molecule has 3 rings (SSSR count). The lowest BCUT2D eigenvalue weighted by Gasteiger charge is -2.05. The van der Waals surface area contributed by atoms with E-state index < -0.39 is 0 Å². The Balaban J connectivity index is 2.31. The number of rotatable bonds is 3. The monoisotopic (exact) mass is 309 g/mol. The van der Waals surface area contributed by atoms with Gasteiger partial charge in [0.15, 0.2) is 4.80 Å². The molecule has 22 heavy (non-hydrogen) atoms. The lowest BCUT2D eigenvalue weighted by atomic mass is 10.2. The molecule has 0 aliphatic heterocycles. The fraction of sp³-hybridized carbons (Fsp3) is 0.118. The Hall–Kier alpha value is -2.53. The zero-order valence-electron chi connectivity index (χ0n) is 12.2. The van der Waals surface area contributed by atoms with Crippen molar-refractivity contribution in [2.24, 2.45) is 4.99 Å². The molecule has 0 N–H and O–H groups in total. The number of hydrogen-bond donors (Lipinski definition) is 0. The summed E-state index contributed by atoms with van der Waals surface area (Å²) in [6.07, 6.45) is 3.39. The van der Waals surface area contributed by atoms with Gasteiger partial charge in [-0.15, -0.1) is 6.58 Å². The van der Waals surface area contributed by atoms with Crippen molar-refractivity contribution in [1.29, 1.82) is 0 Å². The maximum atomic E-state index is 12.6. The number of pyridine rings is 1. The van der Waals surface area contributed by atoms with Gasteiger partial charge >= 0.3 is 0 Å². The van der Waals surface area contributed by atoms with Crippen LogP contribution < -0.4 is 10.4 Å². The van der Waals surface area contributed by atoms with Crippen LogP contribution in [-0.2, 0) is 6.54 Å². The van der Waals surface area contributed by atoms with Gasteiger partial charge in [0.25, 0.3) is 5.56 Å². The highest BCUT2D eigenvalue weighted by atomic mass is 32.1. The summed E-state index contributed by atoms with van der Waals surface area (Å²) in [6, 6.07) is 11.4. The molecule has 4 nitrogen and oxygen atoms in total. The molecule has 3 aromatic rings. The third-order valence-electron chi connectivity index (χ3n) is 3.24. The second kappa shape index (κ2) is 6.07. The first kappa shape index (κ1) is 14.4. The van der Waals surface area contributed by atoms with Gasteiger partial charge in [-0.25, -0.2) is 9.98 Å². The Kier molecular flexibility index (Phi) is 3.98. The smallest absolute Gasteiger partial charge is 0.263 e. The minimum atomic E-state index is -0.0902. The molecule has 0 radical (unpaired) electrons. The van der Waals surface area contributed by atoms with E-state index in [1.54, 1.807) is 29.0 Å². The van der Waals surface area contributed by atoms with Crippen LogP contribution in [0.4, 0.5) is 5.69 Å². The molecule has 0 aliphatic carbocycles. The molecular weight excluding hydrogens is 294 g/mol. The van der Waals surface area contributed by atoms with Crippen LogP contribution in [0.3, 0.4) is 0 Å². The van der Waals surface area contributed by atoms with Gasteiger partial charge in [0, 0.05) is 12.7 Å². The van der Waals surface area contributed by atoms with E-state index >= 15 is 0 Å². The summed E-state index contributed by atoms with van der Waals surface area (Å²) in [5.74, 6) is 0. The lowest BCUT2D eigenvalue weighted by Crippen LogP contribution is -2.31. The molecule has 0 fully saturated rings. The molecule has 110 valence electrons. The first-order chi connectivity index (χ1) is 10.7. The van der Waals surface area contributed by atoms with E-state index in [1.165, 1.54) is 16.9 Å². The highest BCUT2D eigenvalue weighted by Crippen LogP contribution is 2.13. The van der Waals surface area contributed by atoms with Gasteiger partial charge in [-0.1, -0.05) is 35.1 Å². The van der Waals surface area contributed by atoms with Crippen molar-refractivity contribution >= 4 is 27.2 Å². The van der Waals surface area contributed by atoms with E-state index in [-0.39, 0.29) is 5.56 Å². The fourth-order valence-corrected chi connectivity index (χ4v) is 3.08. The number of aromatic nitrogens is 2. The van der Waals surface area contributed by atoms with Crippen LogP contribution in [0.15, 0.2) is 65.0 Å². The van der Waals surface area contributed by atoms with Crippen molar-refractivity contribution in [3.8, 4) is 0 Å². The molecule has 1 aromatic carbocycles. The molecule has 2 aromatic heterocycles. The summed E-state index contributed by atoms with van der Waals surface area (Å²) < 4.78 is 1.63. The standard InChI is InChI=1S/C17H15N3OS/c1-3-11-20-16(21)14-5-4-10-18-15(14)22-17(20)19-13-8-6-12(2)7-9-13/h3-10H,1,11H2,2H3/b19-17-. The molecule has 0 aliphatic rings. The largest absolute Gasteiger partial charge is 0.280 e. The third kappa shape index (κ3) is 2.76. The van der Waals surface area contributed by atoms with E-state index in [9.17, 15) is 4.79 Å². The summed E-state index contributed by atoms with van der Waals surface area (Å²) in [6.45, 7) is 6.17. The summed E-state index contributed by atoms with van der Waals surface area (Å²) in [5, 5.41) is 0.609. The molecule has 0 unspecified atom stereocenters. The zero-order valence-corrected chi connectivity index (χ0v) is 13.0. The second-order valence-electron chi connectivity index (χ2n) is 4.89. The van der Waals surface area contributed by atoms with E-state index in [1.807, 2.05) is 31.2 Å². The Labute approximate surface area is 131 Å². The van der Waals surface area contributed by atoms with Crippen molar-refractivity contribution in [3.63, 3.8) is 0 Å². The maximum absolute atomic E-state index is 12.6. The van der Waals surface area contributed by atoms with E-state index in [0.29, 0.717) is 21.6 Å². The van der Waals surface area contributed by atoms with E-state index in [4.69, 9.17) is 0 Å². The first-order valence-electron chi connectivity index (χ1n) is 6.90. The van der Waals surface area contributed by atoms with E-state index in [0.717, 1.165) is 5.69 Å². The van der Waals surface area contributed by atoms with Crippen LogP contribution in [0.1, 0.15) is 5.56 Å².